The zero-order valence-corrected chi connectivity index (χ0v) is 16.2. The van der Waals surface area contributed by atoms with Crippen LogP contribution in [0.5, 0.6) is 5.75 Å². The fraction of sp³-hybridized carbons (Fsp3) is 0.0476. The highest BCUT2D eigenvalue weighted by Crippen LogP contribution is 2.28. The minimum absolute atomic E-state index is 0.299. The molecule has 4 rings (SSSR count). The Morgan fingerprint density at radius 3 is 2.57 bits per heavy atom. The van der Waals surface area contributed by atoms with Crippen molar-refractivity contribution in [2.75, 3.05) is 12.4 Å². The number of carbonyl (C=O) groups is 1. The van der Waals surface area contributed by atoms with Crippen LogP contribution in [0.25, 0.3) is 22.6 Å². The lowest BCUT2D eigenvalue weighted by Gasteiger charge is -2.07. The maximum absolute atomic E-state index is 12.5. The van der Waals surface area contributed by atoms with Gasteiger partial charge in [-0.2, -0.15) is 0 Å². The van der Waals surface area contributed by atoms with Crippen LogP contribution in [0, 0.1) is 0 Å². The van der Waals surface area contributed by atoms with Gasteiger partial charge in [0.05, 0.1) is 17.7 Å². The number of halogens is 2. The molecule has 0 saturated carbocycles. The normalized spacial score (nSPS) is 10.8. The van der Waals surface area contributed by atoms with Crippen molar-refractivity contribution in [3.8, 4) is 17.2 Å². The number of hydrogen-bond acceptors (Lipinski definition) is 4. The van der Waals surface area contributed by atoms with Gasteiger partial charge in [-0.05, 0) is 60.7 Å². The van der Waals surface area contributed by atoms with Crippen LogP contribution in [0.3, 0.4) is 0 Å². The van der Waals surface area contributed by atoms with Gasteiger partial charge >= 0.3 is 0 Å². The third-order valence-corrected chi connectivity index (χ3v) is 4.72. The van der Waals surface area contributed by atoms with Gasteiger partial charge in [0.1, 0.15) is 11.3 Å². The monoisotopic (exact) mass is 412 g/mol. The molecule has 1 heterocycles. The number of anilines is 1. The van der Waals surface area contributed by atoms with Crippen molar-refractivity contribution in [1.82, 2.24) is 4.98 Å². The molecule has 28 heavy (non-hydrogen) atoms. The number of aromatic nitrogens is 1. The summed E-state index contributed by atoms with van der Waals surface area (Å²) in [5, 5.41) is 3.56. The van der Waals surface area contributed by atoms with Gasteiger partial charge in [0.2, 0.25) is 5.89 Å². The van der Waals surface area contributed by atoms with E-state index in [0.717, 1.165) is 11.3 Å². The molecule has 5 nitrogen and oxygen atoms in total. The Hall–Kier alpha value is -3.02. The first-order valence-electron chi connectivity index (χ1n) is 8.35. The van der Waals surface area contributed by atoms with Gasteiger partial charge in [0.25, 0.3) is 5.91 Å². The molecule has 0 radical (unpaired) electrons. The fourth-order valence-corrected chi connectivity index (χ4v) is 3.11. The van der Waals surface area contributed by atoms with E-state index < -0.39 is 0 Å². The van der Waals surface area contributed by atoms with Crippen molar-refractivity contribution < 1.29 is 13.9 Å². The molecule has 7 heteroatoms. The lowest BCUT2D eigenvalue weighted by molar-refractivity contribution is 0.102. The molecule has 0 bridgehead atoms. The summed E-state index contributed by atoms with van der Waals surface area (Å²) in [7, 11) is 1.61. The van der Waals surface area contributed by atoms with E-state index in [9.17, 15) is 4.79 Å². The largest absolute Gasteiger partial charge is 0.497 e. The Labute approximate surface area is 170 Å². The van der Waals surface area contributed by atoms with Crippen LogP contribution in [0.2, 0.25) is 10.0 Å². The summed E-state index contributed by atoms with van der Waals surface area (Å²) in [6.45, 7) is 0. The molecule has 0 aliphatic rings. The third kappa shape index (κ3) is 3.67. The molecule has 1 N–H and O–H groups in total. The highest BCUT2D eigenvalue weighted by Gasteiger charge is 2.13. The number of benzene rings is 3. The van der Waals surface area contributed by atoms with Gasteiger partial charge < -0.3 is 14.5 Å². The van der Waals surface area contributed by atoms with Crippen molar-refractivity contribution >= 4 is 45.9 Å². The summed E-state index contributed by atoms with van der Waals surface area (Å²) in [6, 6.07) is 17.4. The SMILES string of the molecule is COc1ccc(-c2nc3cc(NC(=O)c4cc(Cl)ccc4Cl)ccc3o2)cc1. The molecule has 0 aliphatic heterocycles. The Morgan fingerprint density at radius 2 is 1.82 bits per heavy atom. The van der Waals surface area contributed by atoms with Gasteiger partial charge in [-0.25, -0.2) is 4.98 Å². The van der Waals surface area contributed by atoms with Crippen molar-refractivity contribution in [3.63, 3.8) is 0 Å². The van der Waals surface area contributed by atoms with Crippen LogP contribution >= 0.6 is 23.2 Å². The quantitative estimate of drug-likeness (QED) is 0.442. The van der Waals surface area contributed by atoms with Crippen LogP contribution in [0.15, 0.2) is 65.1 Å². The summed E-state index contributed by atoms with van der Waals surface area (Å²) in [5.74, 6) is 0.884. The number of nitrogens with zero attached hydrogens (tertiary/aromatic N) is 1. The number of oxazole rings is 1. The molecule has 0 unspecified atom stereocenters. The maximum atomic E-state index is 12.5. The maximum Gasteiger partial charge on any atom is 0.257 e. The van der Waals surface area contributed by atoms with E-state index in [-0.39, 0.29) is 5.91 Å². The molecular weight excluding hydrogens is 399 g/mol. The Bertz CT molecular complexity index is 1170. The predicted octanol–water partition coefficient (Wildman–Crippen LogP) is 6.06. The van der Waals surface area contributed by atoms with E-state index in [4.69, 9.17) is 32.4 Å². The van der Waals surface area contributed by atoms with Crippen LogP contribution in [0.1, 0.15) is 10.4 Å². The number of carbonyl (C=O) groups excluding carboxylic acids is 1. The van der Waals surface area contributed by atoms with E-state index in [1.54, 1.807) is 37.4 Å². The van der Waals surface area contributed by atoms with Crippen LogP contribution in [-0.2, 0) is 0 Å². The highest BCUT2D eigenvalue weighted by molar-refractivity contribution is 6.36. The van der Waals surface area contributed by atoms with Gasteiger partial charge in [0.15, 0.2) is 5.58 Å². The zero-order chi connectivity index (χ0) is 19.7. The first-order valence-corrected chi connectivity index (χ1v) is 9.10. The summed E-state index contributed by atoms with van der Waals surface area (Å²) in [6.07, 6.45) is 0. The minimum Gasteiger partial charge on any atom is -0.497 e. The second-order valence-corrected chi connectivity index (χ2v) is 6.85. The average Bonchev–Trinajstić information content (AvgIpc) is 3.13. The number of hydrogen-bond donors (Lipinski definition) is 1. The van der Waals surface area contributed by atoms with E-state index in [2.05, 4.69) is 10.3 Å². The zero-order valence-electron chi connectivity index (χ0n) is 14.7. The van der Waals surface area contributed by atoms with E-state index in [0.29, 0.717) is 38.3 Å². The average molecular weight is 413 g/mol. The van der Waals surface area contributed by atoms with Crippen molar-refractivity contribution in [2.24, 2.45) is 0 Å². The van der Waals surface area contributed by atoms with Crippen molar-refractivity contribution in [1.29, 1.82) is 0 Å². The number of fused-ring (bicyclic) bond motifs is 1. The topological polar surface area (TPSA) is 64.4 Å². The smallest absolute Gasteiger partial charge is 0.257 e. The fourth-order valence-electron chi connectivity index (χ4n) is 2.73. The minimum atomic E-state index is -0.356. The summed E-state index contributed by atoms with van der Waals surface area (Å²) in [5.41, 5.74) is 2.94. The van der Waals surface area contributed by atoms with Crippen LogP contribution in [0.4, 0.5) is 5.69 Å². The van der Waals surface area contributed by atoms with E-state index in [1.165, 1.54) is 6.07 Å². The number of methoxy groups -OCH3 is 1. The first-order chi connectivity index (χ1) is 13.5. The molecule has 0 saturated heterocycles. The van der Waals surface area contributed by atoms with Gasteiger partial charge in [-0.1, -0.05) is 23.2 Å². The summed E-state index contributed by atoms with van der Waals surface area (Å²) in [4.78, 5) is 17.0. The van der Waals surface area contributed by atoms with Gasteiger partial charge in [-0.3, -0.25) is 4.79 Å². The van der Waals surface area contributed by atoms with Crippen LogP contribution < -0.4 is 10.1 Å². The summed E-state index contributed by atoms with van der Waals surface area (Å²) < 4.78 is 11.0. The number of ether oxygens (including phenoxy) is 1. The Kier molecular flexibility index (Phi) is 4.94. The predicted molar refractivity (Wildman–Crippen MR) is 110 cm³/mol. The molecule has 0 fully saturated rings. The lowest BCUT2D eigenvalue weighted by Crippen LogP contribution is -2.12. The lowest BCUT2D eigenvalue weighted by atomic mass is 10.2. The molecular formula is C21H14Cl2N2O3. The molecule has 0 atom stereocenters. The second kappa shape index (κ2) is 7.54. The van der Waals surface area contributed by atoms with Crippen molar-refractivity contribution in [3.05, 3.63) is 76.3 Å². The Morgan fingerprint density at radius 1 is 1.04 bits per heavy atom. The molecule has 4 aromatic rings. The first kappa shape index (κ1) is 18.3. The molecule has 3 aromatic carbocycles. The molecule has 0 aliphatic carbocycles. The van der Waals surface area contributed by atoms with Crippen LogP contribution in [-0.4, -0.2) is 18.0 Å². The summed E-state index contributed by atoms with van der Waals surface area (Å²) >= 11 is 12.0. The number of amides is 1. The molecule has 1 amide bonds. The number of rotatable bonds is 4. The standard InChI is InChI=1S/C21H14Cl2N2O3/c1-27-15-6-2-12(3-7-15)21-25-18-11-14(5-9-19(18)28-21)24-20(26)16-10-13(22)4-8-17(16)23/h2-11H,1H3,(H,24,26). The van der Waals surface area contributed by atoms with Gasteiger partial charge in [-0.15, -0.1) is 0 Å². The molecule has 140 valence electrons. The second-order valence-electron chi connectivity index (χ2n) is 6.01. The van der Waals surface area contributed by atoms with E-state index in [1.807, 2.05) is 24.3 Å². The highest BCUT2D eigenvalue weighted by atomic mass is 35.5. The third-order valence-electron chi connectivity index (χ3n) is 4.16. The Balaban J connectivity index is 1.60. The van der Waals surface area contributed by atoms with Crippen molar-refractivity contribution in [2.45, 2.75) is 0 Å². The molecule has 1 aromatic heterocycles. The number of nitrogens with one attached hydrogen (secondary N) is 1. The van der Waals surface area contributed by atoms with E-state index >= 15 is 0 Å². The van der Waals surface area contributed by atoms with Gasteiger partial charge in [0, 0.05) is 16.3 Å². The molecule has 0 spiro atoms.